The van der Waals surface area contributed by atoms with Crippen molar-refractivity contribution in [2.24, 2.45) is 5.92 Å². The van der Waals surface area contributed by atoms with E-state index in [1.807, 2.05) is 23.7 Å². The molecule has 10 nitrogen and oxygen atoms in total. The van der Waals surface area contributed by atoms with E-state index >= 15 is 0 Å². The summed E-state index contributed by atoms with van der Waals surface area (Å²) >= 11 is 0. The number of amides is 1. The molecule has 0 radical (unpaired) electrons. The van der Waals surface area contributed by atoms with Gasteiger partial charge >= 0.3 is 0 Å². The Morgan fingerprint density at radius 2 is 1.92 bits per heavy atom. The fourth-order valence-corrected chi connectivity index (χ4v) is 8.83. The second kappa shape index (κ2) is 13.8. The van der Waals surface area contributed by atoms with Crippen LogP contribution in [0.2, 0.25) is 0 Å². The van der Waals surface area contributed by atoms with E-state index in [-0.39, 0.29) is 23.8 Å². The van der Waals surface area contributed by atoms with E-state index in [0.29, 0.717) is 36.9 Å². The Kier molecular flexibility index (Phi) is 9.88. The second-order valence-electron chi connectivity index (χ2n) is 13.7. The Hall–Kier alpha value is -3.48. The van der Waals surface area contributed by atoms with Crippen LogP contribution in [0, 0.1) is 19.8 Å². The molecule has 3 N–H and O–H groups in total. The van der Waals surface area contributed by atoms with Crippen LogP contribution in [0.25, 0.3) is 11.0 Å². The number of para-hydroxylation sites is 1. The molecule has 3 atom stereocenters. The Morgan fingerprint density at radius 1 is 1.12 bits per heavy atom. The number of benzene rings is 3. The fraction of sp³-hybridized carbons (Fsp3) is 0.486. The molecule has 2 aliphatic rings. The summed E-state index contributed by atoms with van der Waals surface area (Å²) < 4.78 is 39.0. The van der Waals surface area contributed by atoms with Crippen LogP contribution >= 0.6 is 10.8 Å². The molecule has 6 rings (SSSR count). The first-order valence-corrected chi connectivity index (χ1v) is 18.6. The summed E-state index contributed by atoms with van der Waals surface area (Å²) in [7, 11) is -3.33. The standard InChI is InChI=1S/C37H49N5O5S/c1-7-29-22-41(48(44,45)33-14-10-9-13-32(33)47-29)21-28-20-26(16-15-24(28)3)34(37(5,6)38-36(43)27-12-11-19-46-23-27)30-17-18-31-35(25(30)4)39-40-42(31)8-2/h9-10,13-18,20,27,29,34,44-45H,7-8,11-12,19,21-23H2,1-6H3,(H,38,43)/t27?,29-,34+/m1/s1. The third-order valence-corrected chi connectivity index (χ3v) is 11.9. The van der Waals surface area contributed by atoms with E-state index in [1.165, 1.54) is 0 Å². The Balaban J connectivity index is 1.42. The van der Waals surface area contributed by atoms with Gasteiger partial charge in [0.2, 0.25) is 5.91 Å². The van der Waals surface area contributed by atoms with Gasteiger partial charge in [0.1, 0.15) is 22.3 Å². The van der Waals surface area contributed by atoms with Gasteiger partial charge in [0.05, 0.1) is 24.6 Å². The number of rotatable bonds is 9. The van der Waals surface area contributed by atoms with Crippen LogP contribution in [-0.4, -0.2) is 65.7 Å². The number of aryl methyl sites for hydroxylation is 3. The number of aromatic nitrogens is 3. The number of fused-ring (bicyclic) bond motifs is 2. The highest BCUT2D eigenvalue weighted by Gasteiger charge is 2.39. The third kappa shape index (κ3) is 6.58. The van der Waals surface area contributed by atoms with Crippen molar-refractivity contribution < 1.29 is 23.4 Å². The van der Waals surface area contributed by atoms with Crippen LogP contribution in [0.1, 0.15) is 80.7 Å². The van der Waals surface area contributed by atoms with E-state index < -0.39 is 16.3 Å². The van der Waals surface area contributed by atoms with Crippen LogP contribution < -0.4 is 10.1 Å². The maximum Gasteiger partial charge on any atom is 0.225 e. The molecule has 0 saturated carbocycles. The number of nitrogens with one attached hydrogen (secondary N) is 1. The summed E-state index contributed by atoms with van der Waals surface area (Å²) in [6, 6.07) is 17.8. The monoisotopic (exact) mass is 675 g/mol. The maximum atomic E-state index is 13.7. The molecule has 4 aromatic rings. The van der Waals surface area contributed by atoms with Gasteiger partial charge in [-0.1, -0.05) is 48.5 Å². The average Bonchev–Trinajstić information content (AvgIpc) is 3.46. The van der Waals surface area contributed by atoms with Crippen LogP contribution in [0.15, 0.2) is 59.5 Å². The zero-order valence-corrected chi connectivity index (χ0v) is 29.7. The first-order chi connectivity index (χ1) is 22.9. The van der Waals surface area contributed by atoms with Gasteiger partial charge in [0.15, 0.2) is 0 Å². The molecule has 1 aromatic heterocycles. The van der Waals surface area contributed by atoms with Crippen molar-refractivity contribution in [3.8, 4) is 5.75 Å². The average molecular weight is 676 g/mol. The number of ether oxygens (including phenoxy) is 2. The number of carbonyl (C=O) groups is 1. The molecular weight excluding hydrogens is 627 g/mol. The summed E-state index contributed by atoms with van der Waals surface area (Å²) in [4.78, 5) is 14.1. The zero-order valence-electron chi connectivity index (χ0n) is 28.9. The van der Waals surface area contributed by atoms with E-state index in [1.54, 1.807) is 16.4 Å². The maximum absolute atomic E-state index is 13.7. The van der Waals surface area contributed by atoms with Gasteiger partial charge in [0, 0.05) is 31.2 Å². The van der Waals surface area contributed by atoms with Crippen molar-refractivity contribution in [3.05, 3.63) is 82.4 Å². The molecule has 2 aliphatic heterocycles. The van der Waals surface area contributed by atoms with Crippen molar-refractivity contribution in [2.75, 3.05) is 19.8 Å². The van der Waals surface area contributed by atoms with Gasteiger partial charge in [-0.3, -0.25) is 13.9 Å². The molecule has 11 heteroatoms. The molecule has 1 amide bonds. The van der Waals surface area contributed by atoms with Crippen molar-refractivity contribution in [1.29, 1.82) is 0 Å². The normalized spacial score (nSPS) is 21.2. The fourth-order valence-electron chi connectivity index (χ4n) is 7.21. The van der Waals surface area contributed by atoms with E-state index in [9.17, 15) is 13.9 Å². The van der Waals surface area contributed by atoms with E-state index in [4.69, 9.17) is 9.47 Å². The second-order valence-corrected chi connectivity index (χ2v) is 15.7. The van der Waals surface area contributed by atoms with E-state index in [2.05, 4.69) is 80.6 Å². The van der Waals surface area contributed by atoms with Crippen molar-refractivity contribution in [1.82, 2.24) is 24.6 Å². The van der Waals surface area contributed by atoms with Crippen LogP contribution in [-0.2, 0) is 22.6 Å². The van der Waals surface area contributed by atoms with Gasteiger partial charge in [-0.2, -0.15) is 4.31 Å². The smallest absolute Gasteiger partial charge is 0.225 e. The highest BCUT2D eigenvalue weighted by atomic mass is 32.3. The quantitative estimate of drug-likeness (QED) is 0.170. The molecular formula is C37H49N5O5S. The van der Waals surface area contributed by atoms with Gasteiger partial charge in [-0.15, -0.1) is 15.9 Å². The molecule has 1 unspecified atom stereocenters. The predicted molar refractivity (Wildman–Crippen MR) is 189 cm³/mol. The number of nitrogens with zero attached hydrogens (tertiary/aromatic N) is 4. The van der Waals surface area contributed by atoms with Crippen molar-refractivity contribution in [2.45, 2.75) is 96.4 Å². The minimum Gasteiger partial charge on any atom is -0.487 e. The zero-order chi connectivity index (χ0) is 34.2. The Morgan fingerprint density at radius 3 is 2.65 bits per heavy atom. The molecule has 0 aliphatic carbocycles. The summed E-state index contributed by atoms with van der Waals surface area (Å²) in [6.07, 6.45) is 2.21. The molecule has 258 valence electrons. The summed E-state index contributed by atoms with van der Waals surface area (Å²) in [6.45, 7) is 14.9. The summed E-state index contributed by atoms with van der Waals surface area (Å²) in [5.41, 5.74) is 6.22. The molecule has 1 fully saturated rings. The lowest BCUT2D eigenvalue weighted by molar-refractivity contribution is -0.130. The molecule has 48 heavy (non-hydrogen) atoms. The van der Waals surface area contributed by atoms with Gasteiger partial charge in [-0.05, 0) is 99.9 Å². The summed E-state index contributed by atoms with van der Waals surface area (Å²) in [5.74, 6) is 0.0724. The highest BCUT2D eigenvalue weighted by Crippen LogP contribution is 2.57. The van der Waals surface area contributed by atoms with Crippen molar-refractivity contribution >= 4 is 27.7 Å². The number of carbonyl (C=O) groups excluding carboxylic acids is 1. The molecule has 1 saturated heterocycles. The highest BCUT2D eigenvalue weighted by molar-refractivity contribution is 8.22. The summed E-state index contributed by atoms with van der Waals surface area (Å²) in [5, 5.41) is 12.3. The first-order valence-electron chi connectivity index (χ1n) is 17.1. The lowest BCUT2D eigenvalue weighted by atomic mass is 9.74. The minimum atomic E-state index is -3.33. The largest absolute Gasteiger partial charge is 0.487 e. The lowest BCUT2D eigenvalue weighted by Crippen LogP contribution is -2.51. The Bertz CT molecular complexity index is 1780. The SMILES string of the molecule is CC[C@@H]1CN(Cc2cc([C@@H](c3ccc4c(nnn4CC)c3C)C(C)(C)NC(=O)C3CCCOC3)ccc2C)S(O)(O)c2ccccc2O1. The molecule has 3 heterocycles. The number of hydrogen-bond donors (Lipinski definition) is 3. The van der Waals surface area contributed by atoms with E-state index in [0.717, 1.165) is 64.7 Å². The molecule has 0 bridgehead atoms. The Labute approximate surface area is 285 Å². The lowest BCUT2D eigenvalue weighted by Gasteiger charge is -2.42. The number of hydrogen-bond acceptors (Lipinski definition) is 8. The van der Waals surface area contributed by atoms with Crippen LogP contribution in [0.4, 0.5) is 0 Å². The predicted octanol–water partition coefficient (Wildman–Crippen LogP) is 7.22. The molecule has 3 aromatic carbocycles. The molecule has 0 spiro atoms. The van der Waals surface area contributed by atoms with Gasteiger partial charge < -0.3 is 14.8 Å². The third-order valence-electron chi connectivity index (χ3n) is 10.0. The van der Waals surface area contributed by atoms with Crippen LogP contribution in [0.3, 0.4) is 0 Å². The van der Waals surface area contributed by atoms with Gasteiger partial charge in [-0.25, -0.2) is 4.68 Å². The van der Waals surface area contributed by atoms with Gasteiger partial charge in [0.25, 0.3) is 0 Å². The van der Waals surface area contributed by atoms with Crippen molar-refractivity contribution in [3.63, 3.8) is 0 Å². The topological polar surface area (TPSA) is 122 Å². The first kappa shape index (κ1) is 34.4. The van der Waals surface area contributed by atoms with Crippen LogP contribution in [0.5, 0.6) is 5.75 Å². The minimum absolute atomic E-state index is 0.00419.